The number of hydrogen-bond donors (Lipinski definition) is 0. The minimum absolute atomic E-state index is 0.767. The Morgan fingerprint density at radius 1 is 1.22 bits per heavy atom. The molecule has 0 fully saturated rings. The van der Waals surface area contributed by atoms with Crippen LogP contribution in [0.1, 0.15) is 19.8 Å². The van der Waals surface area contributed by atoms with E-state index >= 15 is 0 Å². The maximum atomic E-state index is 5.21. The van der Waals surface area contributed by atoms with E-state index in [-0.39, 0.29) is 0 Å². The molecule has 0 bridgehead atoms. The highest BCUT2D eigenvalue weighted by atomic mass is 28.2. The van der Waals surface area contributed by atoms with E-state index in [1.54, 1.807) is 0 Å². The zero-order valence-electron chi connectivity index (χ0n) is 6.35. The molecule has 0 amide bonds. The second kappa shape index (κ2) is 8.14. The van der Waals surface area contributed by atoms with Gasteiger partial charge in [0, 0.05) is 6.61 Å². The summed E-state index contributed by atoms with van der Waals surface area (Å²) in [5.41, 5.74) is 0. The summed E-state index contributed by atoms with van der Waals surface area (Å²) < 4.78 is 10.1. The molecule has 0 radical (unpaired) electrons. The van der Waals surface area contributed by atoms with E-state index in [1.807, 2.05) is 0 Å². The highest BCUT2D eigenvalue weighted by Crippen LogP contribution is 1.86. The Morgan fingerprint density at radius 2 is 2.00 bits per heavy atom. The van der Waals surface area contributed by atoms with E-state index in [1.165, 1.54) is 12.8 Å². The van der Waals surface area contributed by atoms with Gasteiger partial charge in [-0.05, 0) is 6.42 Å². The lowest BCUT2D eigenvalue weighted by Gasteiger charge is -2.00. The third-order valence-electron chi connectivity index (χ3n) is 1.07. The summed E-state index contributed by atoms with van der Waals surface area (Å²) in [6.07, 6.45) is 2.38. The Labute approximate surface area is 60.1 Å². The molecule has 0 aromatic heterocycles. The number of unbranched alkanes of at least 4 members (excludes halogenated alkanes) is 1. The van der Waals surface area contributed by atoms with E-state index in [2.05, 4.69) is 6.92 Å². The van der Waals surface area contributed by atoms with Gasteiger partial charge >= 0.3 is 0 Å². The lowest BCUT2D eigenvalue weighted by molar-refractivity contribution is 0.101. The van der Waals surface area contributed by atoms with Crippen molar-refractivity contribution in [3.8, 4) is 0 Å². The summed E-state index contributed by atoms with van der Waals surface area (Å²) in [7, 11) is 0.828. The SMILES string of the molecule is CCCCOCCO[SiH3]. The van der Waals surface area contributed by atoms with E-state index < -0.39 is 0 Å². The van der Waals surface area contributed by atoms with Gasteiger partial charge in [-0.3, -0.25) is 0 Å². The van der Waals surface area contributed by atoms with Gasteiger partial charge in [-0.2, -0.15) is 0 Å². The van der Waals surface area contributed by atoms with Crippen LogP contribution in [0.4, 0.5) is 0 Å². The van der Waals surface area contributed by atoms with Gasteiger partial charge in [0.15, 0.2) is 0 Å². The largest absolute Gasteiger partial charge is 0.426 e. The van der Waals surface area contributed by atoms with Crippen LogP contribution in [0, 0.1) is 0 Å². The fraction of sp³-hybridized carbons (Fsp3) is 1.00. The molecule has 0 aromatic carbocycles. The molecule has 0 aliphatic heterocycles. The smallest absolute Gasteiger partial charge is 0.146 e. The Morgan fingerprint density at radius 3 is 2.56 bits per heavy atom. The minimum atomic E-state index is 0.767. The molecule has 0 spiro atoms. The molecule has 0 aromatic rings. The quantitative estimate of drug-likeness (QED) is 0.393. The molecule has 0 saturated heterocycles. The standard InChI is InChI=1S/C6H16O2Si/c1-2-3-4-7-5-6-8-9/h2-6H2,1,9H3. The molecule has 0 rings (SSSR count). The van der Waals surface area contributed by atoms with Gasteiger partial charge in [0.2, 0.25) is 0 Å². The summed E-state index contributed by atoms with van der Waals surface area (Å²) in [6, 6.07) is 0. The average molecular weight is 148 g/mol. The van der Waals surface area contributed by atoms with E-state index in [0.717, 1.165) is 30.3 Å². The zero-order valence-corrected chi connectivity index (χ0v) is 8.35. The predicted molar refractivity (Wildman–Crippen MR) is 41.6 cm³/mol. The Kier molecular flexibility index (Phi) is 8.26. The second-order valence-electron chi connectivity index (χ2n) is 1.96. The highest BCUT2D eigenvalue weighted by Gasteiger charge is 1.84. The second-order valence-corrected chi connectivity index (χ2v) is 2.54. The molecule has 0 aliphatic rings. The van der Waals surface area contributed by atoms with Crippen molar-refractivity contribution in [2.75, 3.05) is 19.8 Å². The fourth-order valence-corrected chi connectivity index (χ4v) is 0.657. The molecule has 0 atom stereocenters. The number of ether oxygens (including phenoxy) is 1. The first-order valence-electron chi connectivity index (χ1n) is 3.48. The molecule has 0 unspecified atom stereocenters. The topological polar surface area (TPSA) is 18.5 Å². The van der Waals surface area contributed by atoms with Crippen molar-refractivity contribution in [2.45, 2.75) is 19.8 Å². The summed E-state index contributed by atoms with van der Waals surface area (Å²) in [6.45, 7) is 4.59. The van der Waals surface area contributed by atoms with Crippen molar-refractivity contribution in [2.24, 2.45) is 0 Å². The van der Waals surface area contributed by atoms with Gasteiger partial charge in [0.25, 0.3) is 0 Å². The van der Waals surface area contributed by atoms with Crippen LogP contribution in [-0.4, -0.2) is 30.3 Å². The Balaban J connectivity index is 2.60. The van der Waals surface area contributed by atoms with E-state index in [9.17, 15) is 0 Å². The number of hydrogen-bond acceptors (Lipinski definition) is 2. The average Bonchev–Trinajstić information content (AvgIpc) is 1.89. The van der Waals surface area contributed by atoms with E-state index in [0.29, 0.717) is 0 Å². The first-order valence-corrected chi connectivity index (χ1v) is 4.30. The molecule has 0 saturated carbocycles. The first kappa shape index (κ1) is 9.14. The van der Waals surface area contributed by atoms with Crippen LogP contribution in [0.15, 0.2) is 0 Å². The van der Waals surface area contributed by atoms with Crippen LogP contribution >= 0.6 is 0 Å². The van der Waals surface area contributed by atoms with Crippen LogP contribution in [-0.2, 0) is 9.16 Å². The molecule has 0 N–H and O–H groups in total. The normalized spacial score (nSPS) is 10.3. The zero-order chi connectivity index (χ0) is 6.95. The molecule has 0 aliphatic carbocycles. The van der Waals surface area contributed by atoms with Crippen molar-refractivity contribution in [1.82, 2.24) is 0 Å². The van der Waals surface area contributed by atoms with Gasteiger partial charge in [-0.25, -0.2) is 0 Å². The van der Waals surface area contributed by atoms with Crippen LogP contribution in [0.3, 0.4) is 0 Å². The maximum absolute atomic E-state index is 5.21. The van der Waals surface area contributed by atoms with Crippen molar-refractivity contribution < 1.29 is 9.16 Å². The number of rotatable bonds is 6. The van der Waals surface area contributed by atoms with Crippen LogP contribution in [0.5, 0.6) is 0 Å². The summed E-state index contributed by atoms with van der Waals surface area (Å²) in [4.78, 5) is 0. The highest BCUT2D eigenvalue weighted by molar-refractivity contribution is 5.97. The first-order chi connectivity index (χ1) is 4.41. The Bertz CT molecular complexity index is 44.3. The Hall–Kier alpha value is 0.137. The lowest BCUT2D eigenvalue weighted by Crippen LogP contribution is -2.02. The molecule has 3 heteroatoms. The van der Waals surface area contributed by atoms with Gasteiger partial charge in [-0.1, -0.05) is 13.3 Å². The van der Waals surface area contributed by atoms with Crippen LogP contribution in [0.25, 0.3) is 0 Å². The van der Waals surface area contributed by atoms with Crippen LogP contribution in [0.2, 0.25) is 0 Å². The minimum Gasteiger partial charge on any atom is -0.426 e. The monoisotopic (exact) mass is 148 g/mol. The molecule has 56 valence electrons. The van der Waals surface area contributed by atoms with Gasteiger partial charge in [-0.15, -0.1) is 0 Å². The van der Waals surface area contributed by atoms with Gasteiger partial charge in [0.1, 0.15) is 10.5 Å². The summed E-state index contributed by atoms with van der Waals surface area (Å²) in [5, 5.41) is 0. The molecular weight excluding hydrogens is 132 g/mol. The van der Waals surface area contributed by atoms with Crippen LogP contribution < -0.4 is 0 Å². The summed E-state index contributed by atoms with van der Waals surface area (Å²) in [5.74, 6) is 0. The third-order valence-corrected chi connectivity index (χ3v) is 1.48. The molecule has 9 heavy (non-hydrogen) atoms. The van der Waals surface area contributed by atoms with Crippen molar-refractivity contribution in [3.63, 3.8) is 0 Å². The van der Waals surface area contributed by atoms with Crippen molar-refractivity contribution in [3.05, 3.63) is 0 Å². The molecule has 0 heterocycles. The predicted octanol–water partition coefficient (Wildman–Crippen LogP) is 0.100. The fourth-order valence-electron chi connectivity index (χ4n) is 0.491. The molecule has 2 nitrogen and oxygen atoms in total. The van der Waals surface area contributed by atoms with Crippen molar-refractivity contribution in [1.29, 1.82) is 0 Å². The lowest BCUT2D eigenvalue weighted by atomic mass is 10.4. The van der Waals surface area contributed by atoms with Gasteiger partial charge in [0.05, 0.1) is 13.2 Å². The van der Waals surface area contributed by atoms with Gasteiger partial charge < -0.3 is 9.16 Å². The third kappa shape index (κ3) is 8.14. The summed E-state index contributed by atoms with van der Waals surface area (Å²) >= 11 is 0. The molecular formula is C6H16O2Si. The maximum Gasteiger partial charge on any atom is 0.146 e. The van der Waals surface area contributed by atoms with E-state index in [4.69, 9.17) is 9.16 Å². The van der Waals surface area contributed by atoms with Crippen molar-refractivity contribution >= 4 is 10.5 Å².